The van der Waals surface area contributed by atoms with Gasteiger partial charge in [0, 0.05) is 5.75 Å². The van der Waals surface area contributed by atoms with Crippen LogP contribution in [0.3, 0.4) is 0 Å². The summed E-state index contributed by atoms with van der Waals surface area (Å²) in [5.41, 5.74) is 5.76. The summed E-state index contributed by atoms with van der Waals surface area (Å²) < 4.78 is 5.46. The number of carbonyl (C=O) groups is 2. The van der Waals surface area contributed by atoms with Crippen LogP contribution in [0.2, 0.25) is 0 Å². The van der Waals surface area contributed by atoms with E-state index in [0.717, 1.165) is 44.9 Å². The maximum atomic E-state index is 12.9. The number of nitrogens with two attached hydrogens (primary N) is 1. The van der Waals surface area contributed by atoms with Crippen molar-refractivity contribution in [3.8, 4) is 0 Å². The third-order valence-electron chi connectivity index (χ3n) is 5.93. The van der Waals surface area contributed by atoms with Gasteiger partial charge in [0.2, 0.25) is 11.8 Å². The molecule has 2 saturated carbocycles. The summed E-state index contributed by atoms with van der Waals surface area (Å²) in [5, 5.41) is 4.06. The lowest BCUT2D eigenvalue weighted by molar-refractivity contribution is -0.142. The molecule has 0 bridgehead atoms. The van der Waals surface area contributed by atoms with Gasteiger partial charge in [-0.2, -0.15) is 16.7 Å². The Hall–Kier alpha value is -1.12. The van der Waals surface area contributed by atoms with Crippen LogP contribution in [0.1, 0.15) is 62.7 Å². The highest BCUT2D eigenvalue weighted by atomic mass is 35.5. The van der Waals surface area contributed by atoms with Crippen molar-refractivity contribution in [1.29, 1.82) is 0 Å². The SMILES string of the molecule is CSCC(c1nc(C2(N)CCC2)no1)N1C(=O)C2CCCCC2C1=O.Cl. The Morgan fingerprint density at radius 3 is 2.35 bits per heavy atom. The van der Waals surface area contributed by atoms with Crippen LogP contribution < -0.4 is 5.73 Å². The molecule has 4 rings (SSSR count). The number of carbonyl (C=O) groups excluding carboxylic acids is 2. The molecule has 3 atom stereocenters. The predicted octanol–water partition coefficient (Wildman–Crippen LogP) is 2.41. The second-order valence-electron chi connectivity index (χ2n) is 7.48. The molecule has 144 valence electrons. The first-order chi connectivity index (χ1) is 12.0. The average Bonchev–Trinajstić information content (AvgIpc) is 3.17. The third-order valence-corrected chi connectivity index (χ3v) is 6.58. The average molecular weight is 401 g/mol. The second kappa shape index (κ2) is 7.48. The van der Waals surface area contributed by atoms with Gasteiger partial charge < -0.3 is 10.3 Å². The number of amides is 2. The molecule has 2 amide bonds. The molecule has 1 aromatic heterocycles. The molecule has 3 unspecified atom stereocenters. The molecule has 3 fully saturated rings. The lowest BCUT2D eigenvalue weighted by atomic mass is 9.77. The normalized spacial score (nSPS) is 28.3. The molecule has 2 heterocycles. The Balaban J connectivity index is 0.00000196. The van der Waals surface area contributed by atoms with Gasteiger partial charge in [0.15, 0.2) is 5.82 Å². The highest BCUT2D eigenvalue weighted by Gasteiger charge is 2.52. The fraction of sp³-hybridized carbons (Fsp3) is 0.765. The van der Waals surface area contributed by atoms with Crippen LogP contribution in [0.25, 0.3) is 0 Å². The van der Waals surface area contributed by atoms with Gasteiger partial charge in [0.1, 0.15) is 6.04 Å². The van der Waals surface area contributed by atoms with Crippen LogP contribution in [-0.2, 0) is 15.1 Å². The van der Waals surface area contributed by atoms with Gasteiger partial charge in [-0.3, -0.25) is 14.5 Å². The number of hydrogen-bond donors (Lipinski definition) is 1. The fourth-order valence-corrected chi connectivity index (χ4v) is 4.87. The highest BCUT2D eigenvalue weighted by molar-refractivity contribution is 7.98. The molecule has 0 radical (unpaired) electrons. The summed E-state index contributed by atoms with van der Waals surface area (Å²) in [6.45, 7) is 0. The first-order valence-corrected chi connectivity index (χ1v) is 10.4. The Morgan fingerprint density at radius 2 is 1.85 bits per heavy atom. The Morgan fingerprint density at radius 1 is 1.23 bits per heavy atom. The van der Waals surface area contributed by atoms with E-state index in [9.17, 15) is 9.59 Å². The predicted molar refractivity (Wildman–Crippen MR) is 99.7 cm³/mol. The van der Waals surface area contributed by atoms with Gasteiger partial charge in [-0.25, -0.2) is 0 Å². The van der Waals surface area contributed by atoms with E-state index in [1.807, 2.05) is 6.26 Å². The summed E-state index contributed by atoms with van der Waals surface area (Å²) >= 11 is 1.56. The van der Waals surface area contributed by atoms with E-state index in [-0.39, 0.29) is 36.1 Å². The first kappa shape index (κ1) is 19.6. The van der Waals surface area contributed by atoms with E-state index in [1.54, 1.807) is 11.8 Å². The van der Waals surface area contributed by atoms with Crippen molar-refractivity contribution >= 4 is 36.0 Å². The molecule has 2 aliphatic carbocycles. The number of fused-ring (bicyclic) bond motifs is 1. The van der Waals surface area contributed by atoms with E-state index in [2.05, 4.69) is 10.1 Å². The van der Waals surface area contributed by atoms with Crippen molar-refractivity contribution in [2.45, 2.75) is 56.5 Å². The molecule has 9 heteroatoms. The molecule has 7 nitrogen and oxygen atoms in total. The number of likely N-dealkylation sites (tertiary alicyclic amines) is 1. The quantitative estimate of drug-likeness (QED) is 0.757. The zero-order chi connectivity index (χ0) is 17.6. The standard InChI is InChI=1S/C17H24N4O3S.ClH/c1-25-9-12(13-19-16(20-24-13)17(18)7-4-8-17)21-14(22)10-5-2-3-6-11(10)15(21)23;/h10-12H,2-9,18H2,1H3;1H. The lowest BCUT2D eigenvalue weighted by Gasteiger charge is -2.34. The summed E-state index contributed by atoms with van der Waals surface area (Å²) in [6.07, 6.45) is 8.32. The monoisotopic (exact) mass is 400 g/mol. The minimum Gasteiger partial charge on any atom is -0.337 e. The molecule has 26 heavy (non-hydrogen) atoms. The number of rotatable bonds is 5. The van der Waals surface area contributed by atoms with Crippen molar-refractivity contribution in [2.24, 2.45) is 17.6 Å². The van der Waals surface area contributed by atoms with Gasteiger partial charge in [0.25, 0.3) is 5.89 Å². The molecule has 1 saturated heterocycles. The number of hydrogen-bond acceptors (Lipinski definition) is 7. The lowest BCUT2D eigenvalue weighted by Crippen LogP contribution is -2.44. The topological polar surface area (TPSA) is 102 Å². The van der Waals surface area contributed by atoms with Crippen LogP contribution in [0.5, 0.6) is 0 Å². The Bertz CT molecular complexity index is 669. The Labute approximate surface area is 163 Å². The van der Waals surface area contributed by atoms with Crippen LogP contribution in [0.4, 0.5) is 0 Å². The number of halogens is 1. The fourth-order valence-electron chi connectivity index (χ4n) is 4.26. The van der Waals surface area contributed by atoms with Crippen LogP contribution >= 0.6 is 24.2 Å². The molecule has 3 aliphatic rings. The number of nitrogens with zero attached hydrogens (tertiary/aromatic N) is 3. The van der Waals surface area contributed by atoms with Gasteiger partial charge >= 0.3 is 0 Å². The van der Waals surface area contributed by atoms with Gasteiger partial charge in [-0.1, -0.05) is 18.0 Å². The summed E-state index contributed by atoms with van der Waals surface area (Å²) in [5.74, 6) is 0.911. The van der Waals surface area contributed by atoms with Crippen molar-refractivity contribution in [2.75, 3.05) is 12.0 Å². The zero-order valence-corrected chi connectivity index (χ0v) is 16.5. The maximum Gasteiger partial charge on any atom is 0.250 e. The first-order valence-electron chi connectivity index (χ1n) is 9.04. The smallest absolute Gasteiger partial charge is 0.250 e. The molecular weight excluding hydrogens is 376 g/mol. The molecular formula is C17H25ClN4O3S. The molecule has 2 N–H and O–H groups in total. The summed E-state index contributed by atoms with van der Waals surface area (Å²) in [4.78, 5) is 31.7. The van der Waals surface area contributed by atoms with Gasteiger partial charge in [0.05, 0.1) is 17.4 Å². The van der Waals surface area contributed by atoms with E-state index < -0.39 is 11.6 Å². The van der Waals surface area contributed by atoms with Crippen LogP contribution in [-0.4, -0.2) is 38.9 Å². The largest absolute Gasteiger partial charge is 0.337 e. The van der Waals surface area contributed by atoms with Gasteiger partial charge in [-0.15, -0.1) is 12.4 Å². The zero-order valence-electron chi connectivity index (χ0n) is 14.8. The molecule has 0 aromatic carbocycles. The van der Waals surface area contributed by atoms with E-state index >= 15 is 0 Å². The second-order valence-corrected chi connectivity index (χ2v) is 8.39. The Kier molecular flexibility index (Phi) is 5.65. The summed E-state index contributed by atoms with van der Waals surface area (Å²) in [7, 11) is 0. The highest BCUT2D eigenvalue weighted by Crippen LogP contribution is 2.43. The molecule has 0 spiro atoms. The van der Waals surface area contributed by atoms with Crippen molar-refractivity contribution in [3.63, 3.8) is 0 Å². The van der Waals surface area contributed by atoms with Gasteiger partial charge in [-0.05, 0) is 38.4 Å². The minimum atomic E-state index is -0.515. The number of aromatic nitrogens is 2. The van der Waals surface area contributed by atoms with Crippen molar-refractivity contribution < 1.29 is 14.1 Å². The molecule has 1 aliphatic heterocycles. The van der Waals surface area contributed by atoms with Crippen molar-refractivity contribution in [3.05, 3.63) is 11.7 Å². The molecule has 1 aromatic rings. The van der Waals surface area contributed by atoms with Crippen LogP contribution in [0, 0.1) is 11.8 Å². The minimum absolute atomic E-state index is 0. The summed E-state index contributed by atoms with van der Waals surface area (Å²) in [6, 6.07) is -0.495. The van der Waals surface area contributed by atoms with E-state index in [4.69, 9.17) is 10.3 Å². The number of thioether (sulfide) groups is 1. The maximum absolute atomic E-state index is 12.9. The number of imide groups is 1. The van der Waals surface area contributed by atoms with E-state index in [0.29, 0.717) is 17.5 Å². The van der Waals surface area contributed by atoms with Crippen LogP contribution in [0.15, 0.2) is 4.52 Å². The third kappa shape index (κ3) is 3.05. The van der Waals surface area contributed by atoms with Crippen molar-refractivity contribution in [1.82, 2.24) is 15.0 Å². The van der Waals surface area contributed by atoms with E-state index in [1.165, 1.54) is 4.90 Å².